The van der Waals surface area contributed by atoms with Gasteiger partial charge in [0, 0.05) is 32.8 Å². The van der Waals surface area contributed by atoms with E-state index < -0.39 is 10.8 Å². The molecule has 1 aromatic rings. The van der Waals surface area contributed by atoms with Crippen molar-refractivity contribution in [3.63, 3.8) is 0 Å². The van der Waals surface area contributed by atoms with Gasteiger partial charge in [-0.1, -0.05) is 24.6 Å². The number of carbonyl (C=O) groups excluding carboxylic acids is 1. The molecule has 108 valence electrons. The Morgan fingerprint density at radius 2 is 1.80 bits per heavy atom. The van der Waals surface area contributed by atoms with Gasteiger partial charge in [0.15, 0.2) is 5.78 Å². The Morgan fingerprint density at radius 1 is 1.15 bits per heavy atom. The summed E-state index contributed by atoms with van der Waals surface area (Å²) in [6.07, 6.45) is 4.93. The average molecular weight is 290 g/mol. The first kappa shape index (κ1) is 14.0. The fraction of sp³-hybridized carbons (Fsp3) is 0.588. The summed E-state index contributed by atoms with van der Waals surface area (Å²) in [4.78, 5) is 12.8. The second-order valence-corrected chi connectivity index (χ2v) is 8.27. The van der Waals surface area contributed by atoms with Crippen molar-refractivity contribution in [3.8, 4) is 0 Å². The second-order valence-electron chi connectivity index (χ2n) is 6.28. The molecule has 2 aliphatic heterocycles. The molecule has 1 aromatic carbocycles. The molecule has 0 spiro atoms. The maximum absolute atomic E-state index is 12.8. The van der Waals surface area contributed by atoms with Crippen LogP contribution in [-0.2, 0) is 10.8 Å². The van der Waals surface area contributed by atoms with Crippen LogP contribution in [0, 0.1) is 19.8 Å². The molecule has 2 aliphatic rings. The van der Waals surface area contributed by atoms with Crippen LogP contribution in [-0.4, -0.2) is 20.5 Å². The van der Waals surface area contributed by atoms with Gasteiger partial charge in [-0.2, -0.15) is 0 Å². The van der Waals surface area contributed by atoms with E-state index in [0.717, 1.165) is 36.8 Å². The Labute approximate surface area is 123 Å². The maximum atomic E-state index is 12.8. The van der Waals surface area contributed by atoms with Crippen LogP contribution in [0.2, 0.25) is 0 Å². The van der Waals surface area contributed by atoms with E-state index >= 15 is 0 Å². The Morgan fingerprint density at radius 3 is 2.45 bits per heavy atom. The lowest BCUT2D eigenvalue weighted by Crippen LogP contribution is -2.41. The summed E-state index contributed by atoms with van der Waals surface area (Å²) in [7, 11) is -0.692. The molecule has 2 saturated heterocycles. The van der Waals surface area contributed by atoms with E-state index in [1.807, 2.05) is 19.1 Å². The Bertz CT molecular complexity index is 548. The lowest BCUT2D eigenvalue weighted by molar-refractivity contribution is 0.0894. The third kappa shape index (κ3) is 2.37. The zero-order valence-electron chi connectivity index (χ0n) is 12.2. The number of ketones is 1. The quantitative estimate of drug-likeness (QED) is 0.780. The predicted molar refractivity (Wildman–Crippen MR) is 82.5 cm³/mol. The third-order valence-corrected chi connectivity index (χ3v) is 7.22. The van der Waals surface area contributed by atoms with E-state index in [9.17, 15) is 9.00 Å². The van der Waals surface area contributed by atoms with Crippen molar-refractivity contribution in [1.29, 1.82) is 0 Å². The fourth-order valence-corrected chi connectivity index (χ4v) is 5.87. The van der Waals surface area contributed by atoms with E-state index in [2.05, 4.69) is 13.0 Å². The number of aryl methyl sites for hydroxylation is 1. The van der Waals surface area contributed by atoms with Crippen molar-refractivity contribution < 1.29 is 9.00 Å². The summed E-state index contributed by atoms with van der Waals surface area (Å²) in [5.41, 5.74) is 3.16. The predicted octanol–water partition coefficient (Wildman–Crippen LogP) is 3.57. The molecule has 0 amide bonds. The molecule has 2 nitrogen and oxygen atoms in total. The molecular formula is C17H22O2S. The molecule has 0 N–H and O–H groups in total. The molecule has 2 atom stereocenters. The number of hydrogen-bond donors (Lipinski definition) is 0. The van der Waals surface area contributed by atoms with Crippen LogP contribution in [0.25, 0.3) is 0 Å². The van der Waals surface area contributed by atoms with Gasteiger partial charge in [-0.25, -0.2) is 0 Å². The smallest absolute Gasteiger partial charge is 0.166 e. The zero-order chi connectivity index (χ0) is 14.3. The molecule has 0 aliphatic carbocycles. The summed E-state index contributed by atoms with van der Waals surface area (Å²) in [6.45, 7) is 4.08. The van der Waals surface area contributed by atoms with Crippen molar-refractivity contribution in [2.75, 3.05) is 0 Å². The van der Waals surface area contributed by atoms with Crippen molar-refractivity contribution in [1.82, 2.24) is 0 Å². The van der Waals surface area contributed by atoms with E-state index in [0.29, 0.717) is 0 Å². The molecule has 2 heterocycles. The van der Waals surface area contributed by atoms with Crippen LogP contribution in [0.15, 0.2) is 18.2 Å². The number of carbonyl (C=O) groups is 1. The SMILES string of the molecule is Cc1cccc(C(=O)C2CC3CCCC(C2)S3=O)c1C. The summed E-state index contributed by atoms with van der Waals surface area (Å²) in [5.74, 6) is 0.364. The molecule has 0 saturated carbocycles. The van der Waals surface area contributed by atoms with Crippen molar-refractivity contribution in [3.05, 3.63) is 34.9 Å². The van der Waals surface area contributed by atoms with Crippen molar-refractivity contribution in [2.45, 2.75) is 56.5 Å². The average Bonchev–Trinajstić information content (AvgIpc) is 2.41. The number of hydrogen-bond acceptors (Lipinski definition) is 2. The first-order valence-electron chi connectivity index (χ1n) is 7.57. The zero-order valence-corrected chi connectivity index (χ0v) is 13.0. The van der Waals surface area contributed by atoms with Crippen LogP contribution < -0.4 is 0 Å². The molecule has 3 heteroatoms. The van der Waals surface area contributed by atoms with Crippen LogP contribution in [0.3, 0.4) is 0 Å². The van der Waals surface area contributed by atoms with Crippen LogP contribution in [0.5, 0.6) is 0 Å². The standard InChI is InChI=1S/C17H22O2S/c1-11-5-3-8-16(12(11)2)17(18)13-9-14-6-4-7-15(10-13)20(14)19/h3,5,8,13-15H,4,6-7,9-10H2,1-2H3. The highest BCUT2D eigenvalue weighted by atomic mass is 32.2. The minimum atomic E-state index is -0.692. The van der Waals surface area contributed by atoms with E-state index in [1.54, 1.807) is 0 Å². The van der Waals surface area contributed by atoms with Gasteiger partial charge in [-0.05, 0) is 50.7 Å². The van der Waals surface area contributed by atoms with Crippen molar-refractivity contribution >= 4 is 16.6 Å². The molecule has 3 rings (SSSR count). The molecule has 0 aromatic heterocycles. The first-order valence-corrected chi connectivity index (χ1v) is 8.85. The number of fused-ring (bicyclic) bond motifs is 2. The number of Topliss-reactive ketones (excluding diaryl/α,β-unsaturated/α-hetero) is 1. The van der Waals surface area contributed by atoms with Crippen molar-refractivity contribution in [2.24, 2.45) is 5.92 Å². The highest BCUT2D eigenvalue weighted by Gasteiger charge is 2.40. The highest BCUT2D eigenvalue weighted by molar-refractivity contribution is 7.86. The Hall–Kier alpha value is -0.960. The summed E-state index contributed by atoms with van der Waals surface area (Å²) >= 11 is 0. The minimum Gasteiger partial charge on any atom is -0.294 e. The lowest BCUT2D eigenvalue weighted by atomic mass is 9.83. The highest BCUT2D eigenvalue weighted by Crippen LogP contribution is 2.38. The molecule has 0 radical (unpaired) electrons. The third-order valence-electron chi connectivity index (χ3n) is 5.04. The molecule has 2 fully saturated rings. The molecule has 2 bridgehead atoms. The monoisotopic (exact) mass is 290 g/mol. The Balaban J connectivity index is 1.85. The first-order chi connectivity index (χ1) is 9.58. The summed E-state index contributed by atoms with van der Waals surface area (Å²) in [6, 6.07) is 5.97. The van der Waals surface area contributed by atoms with E-state index in [4.69, 9.17) is 0 Å². The van der Waals surface area contributed by atoms with Crippen LogP contribution >= 0.6 is 0 Å². The van der Waals surface area contributed by atoms with Gasteiger partial charge in [0.25, 0.3) is 0 Å². The normalized spacial score (nSPS) is 32.9. The minimum absolute atomic E-state index is 0.0866. The van der Waals surface area contributed by atoms with E-state index in [1.165, 1.54) is 12.0 Å². The Kier molecular flexibility index (Phi) is 3.80. The van der Waals surface area contributed by atoms with Crippen LogP contribution in [0.4, 0.5) is 0 Å². The van der Waals surface area contributed by atoms with Gasteiger partial charge in [-0.15, -0.1) is 0 Å². The molecule has 20 heavy (non-hydrogen) atoms. The maximum Gasteiger partial charge on any atom is 0.166 e. The van der Waals surface area contributed by atoms with Gasteiger partial charge in [0.1, 0.15) is 0 Å². The second kappa shape index (κ2) is 5.44. The van der Waals surface area contributed by atoms with E-state index in [-0.39, 0.29) is 22.2 Å². The summed E-state index contributed by atoms with van der Waals surface area (Å²) < 4.78 is 12.2. The van der Waals surface area contributed by atoms with Gasteiger partial charge < -0.3 is 0 Å². The summed E-state index contributed by atoms with van der Waals surface area (Å²) in [5, 5.41) is 0.531. The fourth-order valence-electron chi connectivity index (χ4n) is 3.69. The topological polar surface area (TPSA) is 34.1 Å². The van der Waals surface area contributed by atoms with Gasteiger partial charge >= 0.3 is 0 Å². The number of benzene rings is 1. The molecule has 2 unspecified atom stereocenters. The van der Waals surface area contributed by atoms with Crippen LogP contribution in [0.1, 0.15) is 53.6 Å². The number of rotatable bonds is 2. The molecular weight excluding hydrogens is 268 g/mol. The van der Waals surface area contributed by atoms with Gasteiger partial charge in [-0.3, -0.25) is 9.00 Å². The van der Waals surface area contributed by atoms with Gasteiger partial charge in [0.05, 0.1) is 0 Å². The van der Waals surface area contributed by atoms with Gasteiger partial charge in [0.2, 0.25) is 0 Å². The largest absolute Gasteiger partial charge is 0.294 e. The lowest BCUT2D eigenvalue weighted by Gasteiger charge is -2.37.